The highest BCUT2D eigenvalue weighted by Gasteiger charge is 2.13. The van der Waals surface area contributed by atoms with Crippen LogP contribution in [0.1, 0.15) is 193 Å². The van der Waals surface area contributed by atoms with Crippen LogP contribution in [0.15, 0.2) is 95.5 Å². The third-order valence-corrected chi connectivity index (χ3v) is 11.9. The van der Waals surface area contributed by atoms with Crippen LogP contribution in [0.25, 0.3) is 12.2 Å². The topological polar surface area (TPSA) is 63.3 Å². The van der Waals surface area contributed by atoms with E-state index < -0.39 is 0 Å². The van der Waals surface area contributed by atoms with Crippen molar-refractivity contribution >= 4 is 23.5 Å². The standard InChI is InChI=1S/C56H82N4O/c1-5-9-13-17-21-25-41-59(42-26-22-18-14-10-6-2)53-35-29-49(30-36-53)33-39-55-45-51(52(47-57)48-58)46-56(61-55)40-34-50-31-37-54(38-32-50)60(43-27-23-19-15-11-7-3)44-28-24-20-16-12-8-4/h29-40,45-46H,5-28,41-44H2,1-4H3. The van der Waals surface area contributed by atoms with Crippen molar-refractivity contribution in [2.45, 2.75) is 182 Å². The molecule has 2 aromatic carbocycles. The van der Waals surface area contributed by atoms with Crippen LogP contribution in [0, 0.1) is 22.7 Å². The van der Waals surface area contributed by atoms with Gasteiger partial charge in [-0.3, -0.25) is 0 Å². The van der Waals surface area contributed by atoms with E-state index in [9.17, 15) is 10.5 Å². The van der Waals surface area contributed by atoms with Crippen LogP contribution < -0.4 is 9.80 Å². The molecule has 61 heavy (non-hydrogen) atoms. The molecule has 0 saturated heterocycles. The quantitative estimate of drug-likeness (QED) is 0.0519. The minimum absolute atomic E-state index is 0.0699. The number of rotatable bonds is 34. The van der Waals surface area contributed by atoms with Gasteiger partial charge in [-0.2, -0.15) is 10.5 Å². The van der Waals surface area contributed by atoms with Crippen LogP contribution in [-0.4, -0.2) is 26.2 Å². The molecule has 0 saturated carbocycles. The first kappa shape index (κ1) is 50.9. The Hall–Kier alpha value is -4.48. The molecule has 5 nitrogen and oxygen atoms in total. The number of unbranched alkanes of at least 4 members (excludes halogenated alkanes) is 20. The predicted molar refractivity (Wildman–Crippen MR) is 264 cm³/mol. The molecule has 1 heterocycles. The second-order valence-electron chi connectivity index (χ2n) is 17.1. The van der Waals surface area contributed by atoms with Crippen LogP contribution >= 0.6 is 0 Å². The monoisotopic (exact) mass is 827 g/mol. The van der Waals surface area contributed by atoms with E-state index >= 15 is 0 Å². The lowest BCUT2D eigenvalue weighted by molar-refractivity contribution is 0.332. The zero-order chi connectivity index (χ0) is 43.6. The SMILES string of the molecule is CCCCCCCCN(CCCCCCCC)c1ccc(C=CC2=CC(=C(C#N)C#N)C=C(C=Cc3ccc(N(CCCCCCCC)CCCCCCCC)cc3)O2)cc1. The van der Waals surface area contributed by atoms with E-state index in [1.807, 2.05) is 24.3 Å². The van der Waals surface area contributed by atoms with Gasteiger partial charge < -0.3 is 14.5 Å². The van der Waals surface area contributed by atoms with Crippen LogP contribution in [0.3, 0.4) is 0 Å². The molecular formula is C56H82N4O. The Balaban J connectivity index is 1.68. The zero-order valence-corrected chi connectivity index (χ0v) is 39.1. The number of allylic oxidation sites excluding steroid dienone is 6. The number of hydrogen-bond acceptors (Lipinski definition) is 5. The summed E-state index contributed by atoms with van der Waals surface area (Å²) < 4.78 is 6.32. The maximum Gasteiger partial charge on any atom is 0.137 e. The van der Waals surface area contributed by atoms with E-state index in [0.717, 1.165) is 37.3 Å². The van der Waals surface area contributed by atoms with Crippen molar-refractivity contribution in [2.75, 3.05) is 36.0 Å². The van der Waals surface area contributed by atoms with Gasteiger partial charge in [0.05, 0.1) is 0 Å². The molecule has 0 unspecified atom stereocenters. The Bertz CT molecular complexity index is 1540. The Morgan fingerprint density at radius 2 is 0.721 bits per heavy atom. The van der Waals surface area contributed by atoms with Gasteiger partial charge in [-0.1, -0.05) is 193 Å². The molecule has 0 aliphatic carbocycles. The van der Waals surface area contributed by atoms with E-state index in [1.165, 1.54) is 165 Å². The molecule has 1 aliphatic rings. The van der Waals surface area contributed by atoms with Gasteiger partial charge in [-0.25, -0.2) is 0 Å². The summed E-state index contributed by atoms with van der Waals surface area (Å²) in [6.45, 7) is 13.5. The van der Waals surface area contributed by atoms with E-state index in [0.29, 0.717) is 17.1 Å². The molecule has 1 aliphatic heterocycles. The van der Waals surface area contributed by atoms with Gasteiger partial charge in [0.1, 0.15) is 29.2 Å². The van der Waals surface area contributed by atoms with Gasteiger partial charge in [-0.05, 0) is 85.4 Å². The lowest BCUT2D eigenvalue weighted by Crippen LogP contribution is -2.25. The fourth-order valence-electron chi connectivity index (χ4n) is 8.03. The number of benzene rings is 2. The van der Waals surface area contributed by atoms with Crippen molar-refractivity contribution in [1.29, 1.82) is 10.5 Å². The molecular weight excluding hydrogens is 745 g/mol. The fraction of sp³-hybridized carbons (Fsp3) is 0.571. The van der Waals surface area contributed by atoms with Gasteiger partial charge in [0.2, 0.25) is 0 Å². The molecule has 0 fully saturated rings. The zero-order valence-electron chi connectivity index (χ0n) is 39.1. The second kappa shape index (κ2) is 33.2. The maximum absolute atomic E-state index is 9.74. The van der Waals surface area contributed by atoms with Crippen LogP contribution in [0.4, 0.5) is 11.4 Å². The summed E-state index contributed by atoms with van der Waals surface area (Å²) in [7, 11) is 0. The number of ether oxygens (including phenoxy) is 1. The van der Waals surface area contributed by atoms with Crippen LogP contribution in [0.2, 0.25) is 0 Å². The second-order valence-corrected chi connectivity index (χ2v) is 17.1. The Labute approximate surface area is 374 Å². The molecule has 3 rings (SSSR count). The van der Waals surface area contributed by atoms with Gasteiger partial charge in [0, 0.05) is 43.1 Å². The Morgan fingerprint density at radius 3 is 1.02 bits per heavy atom. The Kier molecular flexibility index (Phi) is 27.7. The first-order valence-electron chi connectivity index (χ1n) is 24.8. The van der Waals surface area contributed by atoms with Crippen LogP contribution in [0.5, 0.6) is 0 Å². The molecule has 0 N–H and O–H groups in total. The summed E-state index contributed by atoms with van der Waals surface area (Å²) in [4.78, 5) is 5.17. The van der Waals surface area contributed by atoms with Crippen molar-refractivity contribution in [3.05, 3.63) is 107 Å². The summed E-state index contributed by atoms with van der Waals surface area (Å²) in [6, 6.07) is 21.9. The molecule has 0 spiro atoms. The molecule has 332 valence electrons. The average Bonchev–Trinajstić information content (AvgIpc) is 3.29. The number of nitriles is 2. The van der Waals surface area contributed by atoms with E-state index in [4.69, 9.17) is 4.74 Å². The summed E-state index contributed by atoms with van der Waals surface area (Å²) in [6.07, 6.45) is 42.9. The minimum Gasteiger partial charge on any atom is -0.457 e. The molecule has 2 aromatic rings. The summed E-state index contributed by atoms with van der Waals surface area (Å²) in [5.41, 5.74) is 5.36. The van der Waals surface area contributed by atoms with Crippen molar-refractivity contribution in [2.24, 2.45) is 0 Å². The van der Waals surface area contributed by atoms with Crippen molar-refractivity contribution in [1.82, 2.24) is 0 Å². The molecule has 0 bridgehead atoms. The lowest BCUT2D eigenvalue weighted by atomic mass is 10.0. The smallest absolute Gasteiger partial charge is 0.137 e. The third-order valence-electron chi connectivity index (χ3n) is 11.9. The normalized spacial score (nSPS) is 12.6. The highest BCUT2D eigenvalue weighted by atomic mass is 16.5. The molecule has 0 atom stereocenters. The minimum atomic E-state index is 0.0699. The third kappa shape index (κ3) is 21.7. The maximum atomic E-state index is 9.74. The largest absolute Gasteiger partial charge is 0.457 e. The Morgan fingerprint density at radius 1 is 0.426 bits per heavy atom. The first-order valence-corrected chi connectivity index (χ1v) is 24.8. The van der Waals surface area contributed by atoms with Crippen molar-refractivity contribution < 1.29 is 4.74 Å². The van der Waals surface area contributed by atoms with Crippen molar-refractivity contribution in [3.63, 3.8) is 0 Å². The first-order chi connectivity index (χ1) is 30.0. The van der Waals surface area contributed by atoms with Gasteiger partial charge in [-0.15, -0.1) is 0 Å². The number of hydrogen-bond donors (Lipinski definition) is 0. The van der Waals surface area contributed by atoms with Crippen LogP contribution in [-0.2, 0) is 4.74 Å². The van der Waals surface area contributed by atoms with E-state index in [-0.39, 0.29) is 5.57 Å². The summed E-state index contributed by atoms with van der Waals surface area (Å²) >= 11 is 0. The number of anilines is 2. The fourth-order valence-corrected chi connectivity index (χ4v) is 8.03. The molecule has 0 radical (unpaired) electrons. The average molecular weight is 827 g/mol. The molecule has 0 aromatic heterocycles. The van der Waals surface area contributed by atoms with E-state index in [2.05, 4.69) is 98.2 Å². The lowest BCUT2D eigenvalue weighted by Gasteiger charge is -2.25. The highest BCUT2D eigenvalue weighted by Crippen LogP contribution is 2.26. The summed E-state index contributed by atoms with van der Waals surface area (Å²) in [5.74, 6) is 1.18. The molecule has 0 amide bonds. The van der Waals surface area contributed by atoms with Gasteiger partial charge in [0.15, 0.2) is 0 Å². The highest BCUT2D eigenvalue weighted by molar-refractivity contribution is 5.62. The van der Waals surface area contributed by atoms with Gasteiger partial charge >= 0.3 is 0 Å². The summed E-state index contributed by atoms with van der Waals surface area (Å²) in [5, 5.41) is 19.5. The number of nitrogens with zero attached hydrogens (tertiary/aromatic N) is 4. The van der Waals surface area contributed by atoms with Gasteiger partial charge in [0.25, 0.3) is 0 Å². The van der Waals surface area contributed by atoms with E-state index in [1.54, 1.807) is 12.2 Å². The molecule has 5 heteroatoms. The predicted octanol–water partition coefficient (Wildman–Crippen LogP) is 16.6. The van der Waals surface area contributed by atoms with Crippen molar-refractivity contribution in [3.8, 4) is 12.1 Å².